The molecule has 0 saturated carbocycles. The highest BCUT2D eigenvalue weighted by Gasteiger charge is 2.13. The first-order chi connectivity index (χ1) is 14.4. The molecule has 0 bridgehead atoms. The van der Waals surface area contributed by atoms with Crippen molar-refractivity contribution in [3.63, 3.8) is 0 Å². The van der Waals surface area contributed by atoms with Crippen molar-refractivity contribution in [3.8, 4) is 11.4 Å². The van der Waals surface area contributed by atoms with Crippen molar-refractivity contribution in [2.45, 2.75) is 13.5 Å². The van der Waals surface area contributed by atoms with Gasteiger partial charge in [0, 0.05) is 17.5 Å². The maximum absolute atomic E-state index is 14.0. The van der Waals surface area contributed by atoms with Gasteiger partial charge in [-0.2, -0.15) is 0 Å². The van der Waals surface area contributed by atoms with E-state index in [9.17, 15) is 18.4 Å². The van der Waals surface area contributed by atoms with Crippen LogP contribution in [0.5, 0.6) is 0 Å². The quantitative estimate of drug-likeness (QED) is 0.440. The van der Waals surface area contributed by atoms with Crippen molar-refractivity contribution in [1.82, 2.24) is 15.3 Å². The van der Waals surface area contributed by atoms with Gasteiger partial charge in [0.1, 0.15) is 17.5 Å². The molecule has 0 fully saturated rings. The van der Waals surface area contributed by atoms with E-state index in [1.165, 1.54) is 18.3 Å². The SMILES string of the molecule is CC(=O)NCc1ccc(C(=O)Nc2ccc3nc(-c4cc(F)ccc4F)[nH]c3c2)s1. The van der Waals surface area contributed by atoms with Crippen LogP contribution in [0.3, 0.4) is 0 Å². The summed E-state index contributed by atoms with van der Waals surface area (Å²) in [5, 5.41) is 5.49. The van der Waals surface area contributed by atoms with Gasteiger partial charge in [-0.05, 0) is 48.5 Å². The number of thiophene rings is 1. The number of carbonyl (C=O) groups is 2. The van der Waals surface area contributed by atoms with Crippen molar-refractivity contribution in [2.75, 3.05) is 5.32 Å². The molecule has 0 radical (unpaired) electrons. The van der Waals surface area contributed by atoms with Crippen molar-refractivity contribution >= 4 is 39.9 Å². The van der Waals surface area contributed by atoms with E-state index in [1.807, 2.05) is 0 Å². The highest BCUT2D eigenvalue weighted by atomic mass is 32.1. The zero-order chi connectivity index (χ0) is 21.3. The predicted octanol–water partition coefficient (Wildman–Crippen LogP) is 4.46. The van der Waals surface area contributed by atoms with Gasteiger partial charge >= 0.3 is 0 Å². The number of fused-ring (bicyclic) bond motifs is 1. The molecule has 6 nitrogen and oxygen atoms in total. The molecule has 0 spiro atoms. The number of nitrogens with one attached hydrogen (secondary N) is 3. The normalized spacial score (nSPS) is 10.9. The lowest BCUT2D eigenvalue weighted by Crippen LogP contribution is -2.18. The van der Waals surface area contributed by atoms with Crippen LogP contribution in [-0.2, 0) is 11.3 Å². The second-order valence-corrected chi connectivity index (χ2v) is 7.74. The molecule has 0 saturated heterocycles. The number of hydrogen-bond donors (Lipinski definition) is 3. The minimum Gasteiger partial charge on any atom is -0.351 e. The largest absolute Gasteiger partial charge is 0.351 e. The van der Waals surface area contributed by atoms with Crippen LogP contribution < -0.4 is 10.6 Å². The number of aromatic amines is 1. The number of imidazole rings is 1. The molecule has 9 heteroatoms. The molecule has 2 aromatic heterocycles. The van der Waals surface area contributed by atoms with Crippen LogP contribution >= 0.6 is 11.3 Å². The zero-order valence-corrected chi connectivity index (χ0v) is 16.6. The van der Waals surface area contributed by atoms with E-state index in [0.717, 1.165) is 23.1 Å². The van der Waals surface area contributed by atoms with Gasteiger partial charge in [-0.1, -0.05) is 0 Å². The zero-order valence-electron chi connectivity index (χ0n) is 15.8. The van der Waals surface area contributed by atoms with Crippen LogP contribution in [0.15, 0.2) is 48.5 Å². The van der Waals surface area contributed by atoms with E-state index >= 15 is 0 Å². The molecule has 0 aliphatic carbocycles. The summed E-state index contributed by atoms with van der Waals surface area (Å²) in [7, 11) is 0. The number of nitrogens with zero attached hydrogens (tertiary/aromatic N) is 1. The molecule has 0 aliphatic rings. The fourth-order valence-corrected chi connectivity index (χ4v) is 3.74. The Bertz CT molecular complexity index is 1270. The van der Waals surface area contributed by atoms with E-state index in [4.69, 9.17) is 0 Å². The molecule has 30 heavy (non-hydrogen) atoms. The first-order valence-corrected chi connectivity index (χ1v) is 9.80. The number of anilines is 1. The maximum atomic E-state index is 14.0. The smallest absolute Gasteiger partial charge is 0.265 e. The Labute approximate surface area is 174 Å². The highest BCUT2D eigenvalue weighted by Crippen LogP contribution is 2.26. The number of carbonyl (C=O) groups excluding carboxylic acids is 2. The first kappa shape index (κ1) is 19.7. The lowest BCUT2D eigenvalue weighted by Gasteiger charge is -2.03. The minimum absolute atomic E-state index is 0.0297. The van der Waals surface area contributed by atoms with Gasteiger partial charge in [-0.3, -0.25) is 9.59 Å². The molecule has 2 amide bonds. The highest BCUT2D eigenvalue weighted by molar-refractivity contribution is 7.14. The van der Waals surface area contributed by atoms with Crippen molar-refractivity contribution in [1.29, 1.82) is 0 Å². The molecule has 0 atom stereocenters. The average molecular weight is 426 g/mol. The molecule has 0 aliphatic heterocycles. The number of amides is 2. The number of hydrogen-bond acceptors (Lipinski definition) is 4. The Morgan fingerprint density at radius 1 is 1.10 bits per heavy atom. The van der Waals surface area contributed by atoms with Crippen molar-refractivity contribution in [3.05, 3.63) is 69.9 Å². The molecule has 3 N–H and O–H groups in total. The monoisotopic (exact) mass is 426 g/mol. The second kappa shape index (κ2) is 8.03. The average Bonchev–Trinajstić information content (AvgIpc) is 3.35. The molecule has 152 valence electrons. The summed E-state index contributed by atoms with van der Waals surface area (Å²) in [6.07, 6.45) is 0. The number of halogens is 2. The fourth-order valence-electron chi connectivity index (χ4n) is 2.89. The second-order valence-electron chi connectivity index (χ2n) is 6.57. The van der Waals surface area contributed by atoms with E-state index < -0.39 is 11.6 Å². The van der Waals surface area contributed by atoms with Crippen LogP contribution in [0.4, 0.5) is 14.5 Å². The molecule has 0 unspecified atom stereocenters. The Kier molecular flexibility index (Phi) is 5.28. The van der Waals surface area contributed by atoms with E-state index in [2.05, 4.69) is 20.6 Å². The topological polar surface area (TPSA) is 86.9 Å². The maximum Gasteiger partial charge on any atom is 0.265 e. The van der Waals surface area contributed by atoms with Crippen LogP contribution in [0.25, 0.3) is 22.4 Å². The summed E-state index contributed by atoms with van der Waals surface area (Å²) in [4.78, 5) is 32.1. The van der Waals surface area contributed by atoms with Crippen molar-refractivity contribution in [2.24, 2.45) is 0 Å². The Hall–Kier alpha value is -3.59. The van der Waals surface area contributed by atoms with E-state index in [-0.39, 0.29) is 23.2 Å². The first-order valence-electron chi connectivity index (χ1n) is 8.99. The third-order valence-corrected chi connectivity index (χ3v) is 5.40. The Balaban J connectivity index is 1.53. The summed E-state index contributed by atoms with van der Waals surface area (Å²) in [6, 6.07) is 11.7. The summed E-state index contributed by atoms with van der Waals surface area (Å²) in [5.74, 6) is -1.37. The van der Waals surface area contributed by atoms with E-state index in [0.29, 0.717) is 28.1 Å². The van der Waals surface area contributed by atoms with Gasteiger partial charge < -0.3 is 15.6 Å². The van der Waals surface area contributed by atoms with Crippen LogP contribution in [-0.4, -0.2) is 21.8 Å². The molecular weight excluding hydrogens is 410 g/mol. The lowest BCUT2D eigenvalue weighted by atomic mass is 10.2. The predicted molar refractivity (Wildman–Crippen MR) is 111 cm³/mol. The molecule has 2 heterocycles. The summed E-state index contributed by atoms with van der Waals surface area (Å²) in [6.45, 7) is 1.80. The summed E-state index contributed by atoms with van der Waals surface area (Å²) >= 11 is 1.29. The number of H-pyrrole nitrogens is 1. The summed E-state index contributed by atoms with van der Waals surface area (Å²) in [5.41, 5.74) is 1.69. The number of aromatic nitrogens is 2. The third kappa shape index (κ3) is 4.20. The number of benzene rings is 2. The van der Waals surface area contributed by atoms with E-state index in [1.54, 1.807) is 30.3 Å². The van der Waals surface area contributed by atoms with Crippen LogP contribution in [0.1, 0.15) is 21.5 Å². The van der Waals surface area contributed by atoms with Gasteiger partial charge in [0.25, 0.3) is 5.91 Å². The van der Waals surface area contributed by atoms with Gasteiger partial charge in [-0.15, -0.1) is 11.3 Å². The molecule has 4 aromatic rings. The van der Waals surface area contributed by atoms with Gasteiger partial charge in [0.15, 0.2) is 0 Å². The number of rotatable bonds is 5. The van der Waals surface area contributed by atoms with Gasteiger partial charge in [0.05, 0.1) is 28.0 Å². The fraction of sp³-hybridized carbons (Fsp3) is 0.0952. The van der Waals surface area contributed by atoms with Gasteiger partial charge in [-0.25, -0.2) is 13.8 Å². The van der Waals surface area contributed by atoms with Crippen LogP contribution in [0.2, 0.25) is 0 Å². The lowest BCUT2D eigenvalue weighted by molar-refractivity contribution is -0.119. The Morgan fingerprint density at radius 2 is 1.93 bits per heavy atom. The minimum atomic E-state index is -0.586. The standard InChI is InChI=1S/C21H16F2N4O2S/c1-11(28)24-10-14-4-7-19(30-14)21(29)25-13-3-6-17-18(9-13)27-20(26-17)15-8-12(22)2-5-16(15)23/h2-9H,10H2,1H3,(H,24,28)(H,25,29)(H,26,27). The third-order valence-electron chi connectivity index (χ3n) is 4.32. The molecular formula is C21H16F2N4O2S. The molecule has 4 rings (SSSR count). The van der Waals surface area contributed by atoms with Crippen molar-refractivity contribution < 1.29 is 18.4 Å². The van der Waals surface area contributed by atoms with Crippen LogP contribution in [0, 0.1) is 11.6 Å². The Morgan fingerprint density at radius 3 is 2.73 bits per heavy atom. The van der Waals surface area contributed by atoms with Gasteiger partial charge in [0.2, 0.25) is 5.91 Å². The molecule has 2 aromatic carbocycles. The summed E-state index contributed by atoms with van der Waals surface area (Å²) < 4.78 is 27.5.